The van der Waals surface area contributed by atoms with Crippen LogP contribution in [0.25, 0.3) is 0 Å². The first-order valence-electron chi connectivity index (χ1n) is 10.1. The zero-order chi connectivity index (χ0) is 22.1. The Morgan fingerprint density at radius 2 is 1.87 bits per heavy atom. The third-order valence-corrected chi connectivity index (χ3v) is 6.77. The minimum atomic E-state index is -0.180. The van der Waals surface area contributed by atoms with E-state index < -0.39 is 0 Å². The molecule has 0 N–H and O–H groups in total. The van der Waals surface area contributed by atoms with Gasteiger partial charge in [0.05, 0.1) is 19.4 Å². The van der Waals surface area contributed by atoms with Crippen LogP contribution in [0.2, 0.25) is 0 Å². The molecule has 0 atom stereocenters. The van der Waals surface area contributed by atoms with Gasteiger partial charge in [-0.3, -0.25) is 19.5 Å². The molecule has 5 nitrogen and oxygen atoms in total. The number of nitrogens with zero attached hydrogens (tertiary/aromatic N) is 2. The maximum atomic E-state index is 13.1. The van der Waals surface area contributed by atoms with Crippen molar-refractivity contribution in [3.8, 4) is 5.75 Å². The molecule has 0 fully saturated rings. The highest BCUT2D eigenvalue weighted by Gasteiger charge is 2.31. The van der Waals surface area contributed by atoms with E-state index in [9.17, 15) is 9.59 Å². The van der Waals surface area contributed by atoms with Gasteiger partial charge < -0.3 is 4.74 Å². The first-order valence-corrected chi connectivity index (χ1v) is 10.9. The molecule has 31 heavy (non-hydrogen) atoms. The fourth-order valence-electron chi connectivity index (χ4n) is 3.64. The molecule has 0 spiro atoms. The van der Waals surface area contributed by atoms with Gasteiger partial charge >= 0.3 is 0 Å². The summed E-state index contributed by atoms with van der Waals surface area (Å²) in [6, 6.07) is 15.2. The van der Waals surface area contributed by atoms with E-state index in [2.05, 4.69) is 4.99 Å². The monoisotopic (exact) mass is 432 g/mol. The van der Waals surface area contributed by atoms with Crippen molar-refractivity contribution < 1.29 is 14.3 Å². The molecule has 0 saturated carbocycles. The van der Waals surface area contributed by atoms with E-state index in [0.29, 0.717) is 11.3 Å². The zero-order valence-corrected chi connectivity index (χ0v) is 18.9. The van der Waals surface area contributed by atoms with Gasteiger partial charge in [-0.2, -0.15) is 0 Å². The summed E-state index contributed by atoms with van der Waals surface area (Å²) >= 11 is 1.54. The van der Waals surface area contributed by atoms with Gasteiger partial charge in [-0.1, -0.05) is 42.0 Å². The molecule has 1 aromatic heterocycles. The molecule has 3 aromatic rings. The Kier molecular flexibility index (Phi) is 5.74. The van der Waals surface area contributed by atoms with Crippen LogP contribution in [0.1, 0.15) is 37.5 Å². The number of carbonyl (C=O) groups is 2. The third kappa shape index (κ3) is 4.03. The number of rotatable bonds is 5. The Balaban J connectivity index is 1.75. The van der Waals surface area contributed by atoms with Gasteiger partial charge in [-0.15, -0.1) is 11.3 Å². The number of ketones is 1. The Hall–Kier alpha value is -3.25. The van der Waals surface area contributed by atoms with Crippen LogP contribution in [-0.4, -0.2) is 37.6 Å². The van der Waals surface area contributed by atoms with Crippen LogP contribution in [-0.2, 0) is 4.79 Å². The lowest BCUT2D eigenvalue weighted by molar-refractivity contribution is -0.117. The van der Waals surface area contributed by atoms with E-state index >= 15 is 0 Å². The minimum absolute atomic E-state index is 0.00842. The van der Waals surface area contributed by atoms with Crippen LogP contribution in [0.3, 0.4) is 0 Å². The summed E-state index contributed by atoms with van der Waals surface area (Å²) in [5, 5.41) is 0.785. The van der Waals surface area contributed by atoms with Crippen LogP contribution in [0, 0.1) is 20.8 Å². The summed E-state index contributed by atoms with van der Waals surface area (Å²) < 4.78 is 5.23. The number of thiophene rings is 1. The molecule has 0 aliphatic carbocycles. The number of hydrogen-bond donors (Lipinski definition) is 0. The second kappa shape index (κ2) is 8.47. The second-order valence-electron chi connectivity index (χ2n) is 7.63. The number of carbonyl (C=O) groups excluding carboxylic acids is 2. The SMILES string of the molecule is COc1cccc(C(=O)CN2C(=O)CN=C(c3ccc(C)cc3)c3c2sc(C)c3C)c1. The summed E-state index contributed by atoms with van der Waals surface area (Å²) in [6.07, 6.45) is 0. The fourth-order valence-corrected chi connectivity index (χ4v) is 4.81. The lowest BCUT2D eigenvalue weighted by atomic mass is 9.99. The Morgan fingerprint density at radius 3 is 2.58 bits per heavy atom. The normalized spacial score (nSPS) is 13.5. The highest BCUT2D eigenvalue weighted by molar-refractivity contribution is 7.17. The number of amides is 1. The number of methoxy groups -OCH3 is 1. The molecule has 0 radical (unpaired) electrons. The first kappa shape index (κ1) is 21.0. The highest BCUT2D eigenvalue weighted by Crippen LogP contribution is 2.38. The molecule has 1 aliphatic heterocycles. The Labute approximate surface area is 186 Å². The molecule has 2 aromatic carbocycles. The maximum absolute atomic E-state index is 13.1. The number of aryl methyl sites for hydroxylation is 2. The van der Waals surface area contributed by atoms with E-state index in [1.807, 2.05) is 45.0 Å². The van der Waals surface area contributed by atoms with Crippen LogP contribution in [0.4, 0.5) is 5.00 Å². The quantitative estimate of drug-likeness (QED) is 0.547. The molecule has 158 valence electrons. The van der Waals surface area contributed by atoms with Gasteiger partial charge in [0, 0.05) is 21.6 Å². The van der Waals surface area contributed by atoms with Crippen molar-refractivity contribution in [2.24, 2.45) is 4.99 Å². The number of Topliss-reactive ketones (excluding diaryl/α,β-unsaturated/α-hetero) is 1. The van der Waals surface area contributed by atoms with Gasteiger partial charge in [0.25, 0.3) is 0 Å². The number of ether oxygens (including phenoxy) is 1. The summed E-state index contributed by atoms with van der Waals surface area (Å²) in [4.78, 5) is 33.5. The predicted octanol–water partition coefficient (Wildman–Crippen LogP) is 4.75. The fraction of sp³-hybridized carbons (Fsp3) is 0.240. The van der Waals surface area contributed by atoms with Crippen molar-refractivity contribution in [1.29, 1.82) is 0 Å². The zero-order valence-electron chi connectivity index (χ0n) is 18.1. The number of anilines is 1. The molecule has 1 aliphatic rings. The molecule has 0 saturated heterocycles. The topological polar surface area (TPSA) is 59.0 Å². The van der Waals surface area contributed by atoms with Gasteiger partial charge in [0.15, 0.2) is 5.78 Å². The smallest absolute Gasteiger partial charge is 0.249 e. The number of aliphatic imine (C=N–C) groups is 1. The number of fused-ring (bicyclic) bond motifs is 1. The van der Waals surface area contributed by atoms with Crippen LogP contribution >= 0.6 is 11.3 Å². The molecule has 2 heterocycles. The van der Waals surface area contributed by atoms with Crippen LogP contribution in [0.5, 0.6) is 5.75 Å². The average Bonchev–Trinajstić information content (AvgIpc) is 2.99. The summed E-state index contributed by atoms with van der Waals surface area (Å²) in [6.45, 7) is 6.10. The van der Waals surface area contributed by atoms with Gasteiger partial charge in [-0.05, 0) is 38.5 Å². The largest absolute Gasteiger partial charge is 0.497 e. The molecule has 0 unspecified atom stereocenters. The second-order valence-corrected chi connectivity index (χ2v) is 8.83. The van der Waals surface area contributed by atoms with Gasteiger partial charge in [-0.25, -0.2) is 0 Å². The van der Waals surface area contributed by atoms with E-state index in [1.165, 1.54) is 11.3 Å². The van der Waals surface area contributed by atoms with Gasteiger partial charge in [0.1, 0.15) is 17.3 Å². The molecular weight excluding hydrogens is 408 g/mol. The van der Waals surface area contributed by atoms with Crippen molar-refractivity contribution in [3.63, 3.8) is 0 Å². The first-order chi connectivity index (χ1) is 14.9. The Bertz CT molecular complexity index is 1190. The van der Waals surface area contributed by atoms with Crippen molar-refractivity contribution in [2.45, 2.75) is 20.8 Å². The number of benzene rings is 2. The molecule has 0 bridgehead atoms. The standard InChI is InChI=1S/C25H24N2O3S/c1-15-8-10-18(11-9-15)24-23-16(2)17(3)31-25(23)27(22(29)13-26-24)14-21(28)19-6-5-7-20(12-19)30-4/h5-12H,13-14H2,1-4H3. The maximum Gasteiger partial charge on any atom is 0.249 e. The predicted molar refractivity (Wildman–Crippen MR) is 125 cm³/mol. The van der Waals surface area contributed by atoms with E-state index in [4.69, 9.17) is 4.74 Å². The highest BCUT2D eigenvalue weighted by atomic mass is 32.1. The van der Waals surface area contributed by atoms with Crippen LogP contribution < -0.4 is 9.64 Å². The van der Waals surface area contributed by atoms with E-state index in [1.54, 1.807) is 36.3 Å². The molecular formula is C25H24N2O3S. The summed E-state index contributed by atoms with van der Waals surface area (Å²) in [5.41, 5.74) is 5.49. The summed E-state index contributed by atoms with van der Waals surface area (Å²) in [5.74, 6) is 0.295. The van der Waals surface area contributed by atoms with Crippen LogP contribution in [0.15, 0.2) is 53.5 Å². The lowest BCUT2D eigenvalue weighted by Gasteiger charge is -2.20. The average molecular weight is 433 g/mol. The van der Waals surface area contributed by atoms with Crippen molar-refractivity contribution >= 4 is 33.7 Å². The summed E-state index contributed by atoms with van der Waals surface area (Å²) in [7, 11) is 1.56. The molecule has 6 heteroatoms. The van der Waals surface area contributed by atoms with Gasteiger partial charge in [0.2, 0.25) is 5.91 Å². The van der Waals surface area contributed by atoms with E-state index in [-0.39, 0.29) is 24.8 Å². The molecule has 1 amide bonds. The lowest BCUT2D eigenvalue weighted by Crippen LogP contribution is -2.36. The van der Waals surface area contributed by atoms with Crippen molar-refractivity contribution in [2.75, 3.05) is 25.1 Å². The Morgan fingerprint density at radius 1 is 1.13 bits per heavy atom. The molecule has 4 rings (SSSR count). The van der Waals surface area contributed by atoms with Crippen molar-refractivity contribution in [3.05, 3.63) is 81.2 Å². The number of hydrogen-bond acceptors (Lipinski definition) is 5. The minimum Gasteiger partial charge on any atom is -0.497 e. The third-order valence-electron chi connectivity index (χ3n) is 5.54. The van der Waals surface area contributed by atoms with Crippen molar-refractivity contribution in [1.82, 2.24) is 0 Å². The van der Waals surface area contributed by atoms with E-state index in [0.717, 1.165) is 37.8 Å².